The quantitative estimate of drug-likeness (QED) is 0.920. The number of ether oxygens (including phenoxy) is 1. The molecule has 3 rings (SSSR count). The third-order valence-electron chi connectivity index (χ3n) is 4.85. The molecule has 0 amide bonds. The van der Waals surface area contributed by atoms with E-state index in [1.165, 1.54) is 25.1 Å². The summed E-state index contributed by atoms with van der Waals surface area (Å²) in [6, 6.07) is 9.78. The van der Waals surface area contributed by atoms with Crippen LogP contribution in [0.3, 0.4) is 0 Å². The highest BCUT2D eigenvalue weighted by Crippen LogP contribution is 2.29. The first kappa shape index (κ1) is 14.7. The highest BCUT2D eigenvalue weighted by Gasteiger charge is 2.27. The number of piperidine rings is 1. The van der Waals surface area contributed by atoms with Gasteiger partial charge < -0.3 is 15.0 Å². The summed E-state index contributed by atoms with van der Waals surface area (Å²) in [7, 11) is 1.76. The average molecular weight is 289 g/mol. The lowest BCUT2D eigenvalue weighted by Crippen LogP contribution is -2.54. The fraction of sp³-hybridized carbons (Fsp3) is 0.647. The van der Waals surface area contributed by atoms with Crippen LogP contribution < -0.4 is 15.0 Å². The lowest BCUT2D eigenvalue weighted by Gasteiger charge is -2.43. The molecule has 2 fully saturated rings. The van der Waals surface area contributed by atoms with Crippen LogP contribution in [0, 0.1) is 0 Å². The Bertz CT molecular complexity index is 457. The molecule has 0 aromatic heterocycles. The molecule has 1 aromatic rings. The number of nitrogens with zero attached hydrogens (tertiary/aromatic N) is 2. The van der Waals surface area contributed by atoms with Crippen LogP contribution >= 0.6 is 0 Å². The molecule has 2 saturated heterocycles. The molecule has 4 heteroatoms. The zero-order valence-corrected chi connectivity index (χ0v) is 13.2. The number of piperazine rings is 1. The molecule has 0 saturated carbocycles. The summed E-state index contributed by atoms with van der Waals surface area (Å²) in [5.41, 5.74) is 1.23. The first-order chi connectivity index (χ1) is 10.3. The molecular weight excluding hydrogens is 262 g/mol. The van der Waals surface area contributed by atoms with Gasteiger partial charge in [-0.2, -0.15) is 0 Å². The van der Waals surface area contributed by atoms with Crippen LogP contribution in [0.4, 0.5) is 5.69 Å². The second-order valence-electron chi connectivity index (χ2n) is 6.23. The van der Waals surface area contributed by atoms with Gasteiger partial charge in [-0.1, -0.05) is 12.1 Å². The van der Waals surface area contributed by atoms with E-state index in [0.717, 1.165) is 38.0 Å². The van der Waals surface area contributed by atoms with E-state index < -0.39 is 0 Å². The van der Waals surface area contributed by atoms with Crippen molar-refractivity contribution in [2.45, 2.75) is 31.8 Å². The van der Waals surface area contributed by atoms with Crippen molar-refractivity contribution in [1.82, 2.24) is 10.2 Å². The Balaban J connectivity index is 1.60. The average Bonchev–Trinajstić information content (AvgIpc) is 2.55. The van der Waals surface area contributed by atoms with Gasteiger partial charge >= 0.3 is 0 Å². The Labute approximate surface area is 128 Å². The Morgan fingerprint density at radius 3 is 2.62 bits per heavy atom. The lowest BCUT2D eigenvalue weighted by atomic mass is 9.98. The first-order valence-electron chi connectivity index (χ1n) is 8.13. The van der Waals surface area contributed by atoms with Crippen LogP contribution in [0.5, 0.6) is 5.75 Å². The fourth-order valence-electron chi connectivity index (χ4n) is 3.66. The van der Waals surface area contributed by atoms with Crippen LogP contribution in [-0.2, 0) is 0 Å². The minimum atomic E-state index is 0.663. The summed E-state index contributed by atoms with van der Waals surface area (Å²) in [4.78, 5) is 5.14. The maximum Gasteiger partial charge on any atom is 0.142 e. The summed E-state index contributed by atoms with van der Waals surface area (Å²) < 4.78 is 5.49. The van der Waals surface area contributed by atoms with E-state index in [9.17, 15) is 0 Å². The molecule has 21 heavy (non-hydrogen) atoms. The van der Waals surface area contributed by atoms with Gasteiger partial charge in [0, 0.05) is 38.3 Å². The van der Waals surface area contributed by atoms with Gasteiger partial charge in [0.1, 0.15) is 5.75 Å². The monoisotopic (exact) mass is 289 g/mol. The second-order valence-corrected chi connectivity index (χ2v) is 6.23. The number of rotatable bonds is 3. The number of hydrogen-bond acceptors (Lipinski definition) is 4. The van der Waals surface area contributed by atoms with Gasteiger partial charge in [-0.25, -0.2) is 0 Å². The van der Waals surface area contributed by atoms with Gasteiger partial charge in [0.2, 0.25) is 0 Å². The zero-order chi connectivity index (χ0) is 14.7. The highest BCUT2D eigenvalue weighted by atomic mass is 16.5. The minimum Gasteiger partial charge on any atom is -0.495 e. The Kier molecular flexibility index (Phi) is 4.66. The third kappa shape index (κ3) is 3.33. The van der Waals surface area contributed by atoms with Crippen molar-refractivity contribution in [3.63, 3.8) is 0 Å². The minimum absolute atomic E-state index is 0.663. The summed E-state index contributed by atoms with van der Waals surface area (Å²) in [5, 5.41) is 3.55. The second kappa shape index (κ2) is 6.67. The molecule has 0 spiro atoms. The highest BCUT2D eigenvalue weighted by molar-refractivity contribution is 5.58. The summed E-state index contributed by atoms with van der Waals surface area (Å²) >= 11 is 0. The van der Waals surface area contributed by atoms with E-state index >= 15 is 0 Å². The largest absolute Gasteiger partial charge is 0.495 e. The Morgan fingerprint density at radius 1 is 1.14 bits per heavy atom. The van der Waals surface area contributed by atoms with Gasteiger partial charge in [-0.15, -0.1) is 0 Å². The predicted molar refractivity (Wildman–Crippen MR) is 87.3 cm³/mol. The van der Waals surface area contributed by atoms with E-state index in [1.807, 2.05) is 6.07 Å². The number of methoxy groups -OCH3 is 1. The van der Waals surface area contributed by atoms with Gasteiger partial charge in [-0.3, -0.25) is 4.90 Å². The fourth-order valence-corrected chi connectivity index (χ4v) is 3.66. The molecule has 0 aliphatic carbocycles. The van der Waals surface area contributed by atoms with Crippen molar-refractivity contribution < 1.29 is 4.74 Å². The Hall–Kier alpha value is -1.26. The molecule has 0 bridgehead atoms. The molecule has 0 radical (unpaired) electrons. The van der Waals surface area contributed by atoms with Crippen molar-refractivity contribution in [3.05, 3.63) is 24.3 Å². The molecule has 116 valence electrons. The molecule has 2 aliphatic heterocycles. The smallest absolute Gasteiger partial charge is 0.142 e. The number of benzene rings is 1. The van der Waals surface area contributed by atoms with Crippen LogP contribution in [0.25, 0.3) is 0 Å². The summed E-state index contributed by atoms with van der Waals surface area (Å²) in [6.45, 7) is 7.98. The van der Waals surface area contributed by atoms with Gasteiger partial charge in [0.25, 0.3) is 0 Å². The molecule has 2 aliphatic rings. The number of hydrogen-bond donors (Lipinski definition) is 1. The summed E-state index contributed by atoms with van der Waals surface area (Å²) in [6.07, 6.45) is 2.58. The van der Waals surface area contributed by atoms with Crippen LogP contribution in [0.1, 0.15) is 19.8 Å². The van der Waals surface area contributed by atoms with Crippen molar-refractivity contribution in [2.24, 2.45) is 0 Å². The lowest BCUT2D eigenvalue weighted by molar-refractivity contribution is 0.139. The van der Waals surface area contributed by atoms with Crippen molar-refractivity contribution in [2.75, 3.05) is 44.7 Å². The van der Waals surface area contributed by atoms with Crippen molar-refractivity contribution in [3.8, 4) is 5.75 Å². The van der Waals surface area contributed by atoms with Gasteiger partial charge in [-0.05, 0) is 38.4 Å². The molecule has 1 N–H and O–H groups in total. The predicted octanol–water partition coefficient (Wildman–Crippen LogP) is 1.96. The standard InChI is InChI=1S/C17H27N3O/c1-14-13-15(7-8-18-14)19-9-11-20(12-10-19)16-5-3-4-6-17(16)21-2/h3-6,14-15,18H,7-13H2,1-2H3. The molecular formula is C17H27N3O. The number of nitrogens with one attached hydrogen (secondary N) is 1. The molecule has 2 atom stereocenters. The molecule has 2 heterocycles. The van der Waals surface area contributed by atoms with Crippen LogP contribution in [-0.4, -0.2) is 56.8 Å². The number of para-hydroxylation sites is 2. The zero-order valence-electron chi connectivity index (χ0n) is 13.2. The van der Waals surface area contributed by atoms with E-state index in [1.54, 1.807) is 7.11 Å². The van der Waals surface area contributed by atoms with E-state index in [-0.39, 0.29) is 0 Å². The maximum absolute atomic E-state index is 5.49. The number of anilines is 1. The van der Waals surface area contributed by atoms with E-state index in [2.05, 4.69) is 40.2 Å². The maximum atomic E-state index is 5.49. The van der Waals surface area contributed by atoms with Crippen molar-refractivity contribution in [1.29, 1.82) is 0 Å². The SMILES string of the molecule is COc1ccccc1N1CCN(C2CCNC(C)C2)CC1. The molecule has 4 nitrogen and oxygen atoms in total. The van der Waals surface area contributed by atoms with E-state index in [0.29, 0.717) is 6.04 Å². The van der Waals surface area contributed by atoms with Crippen molar-refractivity contribution >= 4 is 5.69 Å². The van der Waals surface area contributed by atoms with Crippen LogP contribution in [0.15, 0.2) is 24.3 Å². The topological polar surface area (TPSA) is 27.7 Å². The first-order valence-corrected chi connectivity index (χ1v) is 8.13. The Morgan fingerprint density at radius 2 is 1.90 bits per heavy atom. The summed E-state index contributed by atoms with van der Waals surface area (Å²) in [5.74, 6) is 0.987. The van der Waals surface area contributed by atoms with Crippen LogP contribution in [0.2, 0.25) is 0 Å². The molecule has 1 aromatic carbocycles. The third-order valence-corrected chi connectivity index (χ3v) is 4.85. The van der Waals surface area contributed by atoms with Gasteiger partial charge in [0.15, 0.2) is 0 Å². The normalized spacial score (nSPS) is 27.6. The van der Waals surface area contributed by atoms with Gasteiger partial charge in [0.05, 0.1) is 12.8 Å². The molecule has 2 unspecified atom stereocenters. The van der Waals surface area contributed by atoms with E-state index in [4.69, 9.17) is 4.74 Å².